The average molecular weight is 358 g/mol. The van der Waals surface area contributed by atoms with Gasteiger partial charge in [0.2, 0.25) is 0 Å². The number of hydrogen-bond donors (Lipinski definition) is 2. The van der Waals surface area contributed by atoms with E-state index >= 15 is 0 Å². The number of hydrogen-bond acceptors (Lipinski definition) is 2. The number of guanidine groups is 1. The molecule has 0 bridgehead atoms. The first-order valence-electron chi connectivity index (χ1n) is 6.86. The molecule has 0 unspecified atom stereocenters. The van der Waals surface area contributed by atoms with Crippen molar-refractivity contribution in [2.45, 2.75) is 26.3 Å². The molecule has 5 heteroatoms. The largest absolute Gasteiger partial charge is 0.356 e. The Morgan fingerprint density at radius 1 is 1.30 bits per heavy atom. The van der Waals surface area contributed by atoms with Crippen LogP contribution in [0, 0.1) is 6.92 Å². The number of rotatable bonds is 7. The Balaban J connectivity index is 2.34. The molecule has 0 radical (unpaired) electrons. The predicted octanol–water partition coefficient (Wildman–Crippen LogP) is 3.57. The maximum absolute atomic E-state index is 4.25. The van der Waals surface area contributed by atoms with Gasteiger partial charge in [0.1, 0.15) is 0 Å². The first-order valence-corrected chi connectivity index (χ1v) is 9.04. The molecule has 1 rings (SSSR count). The summed E-state index contributed by atoms with van der Waals surface area (Å²) in [6, 6.07) is 6.34. The monoisotopic (exact) mass is 357 g/mol. The highest BCUT2D eigenvalue weighted by atomic mass is 79.9. The van der Waals surface area contributed by atoms with Crippen LogP contribution in [0.3, 0.4) is 0 Å². The van der Waals surface area contributed by atoms with Gasteiger partial charge in [0, 0.05) is 24.6 Å². The van der Waals surface area contributed by atoms with Crippen molar-refractivity contribution in [2.24, 2.45) is 4.99 Å². The zero-order chi connectivity index (χ0) is 14.8. The van der Waals surface area contributed by atoms with Crippen LogP contribution in [-0.2, 0) is 6.54 Å². The summed E-state index contributed by atoms with van der Waals surface area (Å²) in [7, 11) is 1.81. The summed E-state index contributed by atoms with van der Waals surface area (Å²) in [5, 5.41) is 6.71. The third-order valence-corrected chi connectivity index (χ3v) is 4.23. The standard InChI is InChI=1S/C15H24BrN3S/c1-12-10-14(16)7-6-13(12)11-19-15(17-2)18-8-4-5-9-20-3/h6-7,10H,4-5,8-9,11H2,1-3H3,(H2,17,18,19). The van der Waals surface area contributed by atoms with Gasteiger partial charge in [-0.25, -0.2) is 0 Å². The molecule has 0 saturated carbocycles. The van der Waals surface area contributed by atoms with E-state index in [0.29, 0.717) is 0 Å². The highest BCUT2D eigenvalue weighted by Gasteiger charge is 2.01. The molecule has 0 fully saturated rings. The molecule has 0 aliphatic heterocycles. The molecule has 0 aliphatic carbocycles. The molecule has 3 nitrogen and oxygen atoms in total. The van der Waals surface area contributed by atoms with Crippen LogP contribution in [0.15, 0.2) is 27.7 Å². The fourth-order valence-corrected chi connectivity index (χ4v) is 2.80. The molecule has 112 valence electrons. The highest BCUT2D eigenvalue weighted by molar-refractivity contribution is 9.10. The Kier molecular flexibility index (Phi) is 8.78. The number of halogens is 1. The lowest BCUT2D eigenvalue weighted by atomic mass is 10.1. The first-order chi connectivity index (χ1) is 9.67. The summed E-state index contributed by atoms with van der Waals surface area (Å²) in [5.74, 6) is 2.10. The molecule has 1 aromatic rings. The number of nitrogens with zero attached hydrogens (tertiary/aromatic N) is 1. The fourth-order valence-electron chi connectivity index (χ4n) is 1.84. The number of benzene rings is 1. The van der Waals surface area contributed by atoms with Crippen molar-refractivity contribution in [2.75, 3.05) is 25.6 Å². The van der Waals surface area contributed by atoms with Gasteiger partial charge in [-0.3, -0.25) is 4.99 Å². The number of aryl methyl sites for hydroxylation is 1. The van der Waals surface area contributed by atoms with Crippen molar-refractivity contribution in [1.29, 1.82) is 0 Å². The molecule has 0 saturated heterocycles. The molecule has 20 heavy (non-hydrogen) atoms. The minimum Gasteiger partial charge on any atom is -0.356 e. The van der Waals surface area contributed by atoms with Crippen LogP contribution < -0.4 is 10.6 Å². The van der Waals surface area contributed by atoms with Crippen LogP contribution in [0.4, 0.5) is 0 Å². The maximum Gasteiger partial charge on any atom is 0.191 e. The first kappa shape index (κ1) is 17.4. The van der Waals surface area contributed by atoms with Crippen LogP contribution in [0.2, 0.25) is 0 Å². The van der Waals surface area contributed by atoms with E-state index < -0.39 is 0 Å². The fraction of sp³-hybridized carbons (Fsp3) is 0.533. The van der Waals surface area contributed by atoms with Gasteiger partial charge in [0.05, 0.1) is 0 Å². The SMILES string of the molecule is CN=C(NCCCCSC)NCc1ccc(Br)cc1C. The van der Waals surface area contributed by atoms with Crippen LogP contribution in [0.5, 0.6) is 0 Å². The molecule has 0 spiro atoms. The summed E-state index contributed by atoms with van der Waals surface area (Å²) in [4.78, 5) is 4.25. The van der Waals surface area contributed by atoms with E-state index in [1.807, 2.05) is 18.8 Å². The van der Waals surface area contributed by atoms with Crippen LogP contribution in [0.1, 0.15) is 24.0 Å². The van der Waals surface area contributed by atoms with E-state index in [-0.39, 0.29) is 0 Å². The normalized spacial score (nSPS) is 11.5. The molecule has 0 aliphatic rings. The van der Waals surface area contributed by atoms with E-state index in [1.165, 1.54) is 29.7 Å². The van der Waals surface area contributed by atoms with Gasteiger partial charge in [-0.1, -0.05) is 22.0 Å². The lowest BCUT2D eigenvalue weighted by molar-refractivity contribution is 0.732. The summed E-state index contributed by atoms with van der Waals surface area (Å²) < 4.78 is 1.12. The van der Waals surface area contributed by atoms with E-state index in [2.05, 4.69) is 62.9 Å². The van der Waals surface area contributed by atoms with Gasteiger partial charge >= 0.3 is 0 Å². The van der Waals surface area contributed by atoms with Crippen molar-refractivity contribution in [3.63, 3.8) is 0 Å². The second-order valence-corrected chi connectivity index (χ2v) is 6.52. The van der Waals surface area contributed by atoms with Gasteiger partial charge in [-0.05, 0) is 55.0 Å². The number of nitrogens with one attached hydrogen (secondary N) is 2. The second kappa shape index (κ2) is 10.1. The van der Waals surface area contributed by atoms with Crippen molar-refractivity contribution in [1.82, 2.24) is 10.6 Å². The smallest absolute Gasteiger partial charge is 0.191 e. The van der Waals surface area contributed by atoms with Crippen molar-refractivity contribution in [3.05, 3.63) is 33.8 Å². The van der Waals surface area contributed by atoms with Gasteiger partial charge in [-0.15, -0.1) is 0 Å². The number of unbranched alkanes of at least 4 members (excludes halogenated alkanes) is 1. The summed E-state index contributed by atoms with van der Waals surface area (Å²) in [6.07, 6.45) is 4.57. The van der Waals surface area contributed by atoms with Gasteiger partial charge in [0.25, 0.3) is 0 Å². The van der Waals surface area contributed by atoms with Crippen LogP contribution in [-0.4, -0.2) is 31.6 Å². The molecule has 0 heterocycles. The minimum atomic E-state index is 0.795. The van der Waals surface area contributed by atoms with Crippen LogP contribution in [0.25, 0.3) is 0 Å². The van der Waals surface area contributed by atoms with Crippen LogP contribution >= 0.6 is 27.7 Å². The quantitative estimate of drug-likeness (QED) is 0.445. The summed E-state index contributed by atoms with van der Waals surface area (Å²) in [5.41, 5.74) is 2.57. The summed E-state index contributed by atoms with van der Waals surface area (Å²) in [6.45, 7) is 3.89. The van der Waals surface area contributed by atoms with Crippen molar-refractivity contribution >= 4 is 33.7 Å². The van der Waals surface area contributed by atoms with Gasteiger partial charge < -0.3 is 10.6 Å². The van der Waals surface area contributed by atoms with E-state index in [9.17, 15) is 0 Å². The second-order valence-electron chi connectivity index (χ2n) is 4.62. The molecule has 0 aromatic heterocycles. The zero-order valence-corrected chi connectivity index (χ0v) is 14.9. The number of thioether (sulfide) groups is 1. The Bertz CT molecular complexity index is 435. The van der Waals surface area contributed by atoms with Crippen molar-refractivity contribution < 1.29 is 0 Å². The van der Waals surface area contributed by atoms with E-state index in [0.717, 1.165) is 23.5 Å². The van der Waals surface area contributed by atoms with E-state index in [1.54, 1.807) is 0 Å². The summed E-state index contributed by atoms with van der Waals surface area (Å²) >= 11 is 5.39. The Morgan fingerprint density at radius 2 is 2.10 bits per heavy atom. The predicted molar refractivity (Wildman–Crippen MR) is 94.7 cm³/mol. The van der Waals surface area contributed by atoms with Crippen molar-refractivity contribution in [3.8, 4) is 0 Å². The Morgan fingerprint density at radius 3 is 2.75 bits per heavy atom. The third kappa shape index (κ3) is 6.66. The minimum absolute atomic E-state index is 0.795. The number of aliphatic imine (C=N–C) groups is 1. The molecule has 1 aromatic carbocycles. The third-order valence-electron chi connectivity index (χ3n) is 3.04. The zero-order valence-electron chi connectivity index (χ0n) is 12.5. The molecule has 2 N–H and O–H groups in total. The highest BCUT2D eigenvalue weighted by Crippen LogP contribution is 2.15. The molecular weight excluding hydrogens is 334 g/mol. The van der Waals surface area contributed by atoms with Gasteiger partial charge in [0.15, 0.2) is 5.96 Å². The van der Waals surface area contributed by atoms with Gasteiger partial charge in [-0.2, -0.15) is 11.8 Å². The lowest BCUT2D eigenvalue weighted by Crippen LogP contribution is -2.37. The Hall–Kier alpha value is -0.680. The maximum atomic E-state index is 4.25. The molecule has 0 atom stereocenters. The van der Waals surface area contributed by atoms with E-state index in [4.69, 9.17) is 0 Å². The Labute approximate surface area is 135 Å². The lowest BCUT2D eigenvalue weighted by Gasteiger charge is -2.13. The molecular formula is C15H24BrN3S. The topological polar surface area (TPSA) is 36.4 Å². The average Bonchev–Trinajstić information content (AvgIpc) is 2.43. The molecule has 0 amide bonds.